The van der Waals surface area contributed by atoms with Crippen LogP contribution in [0.3, 0.4) is 0 Å². The standard InChI is InChI=1S/C15H9Cl2N3O3/c16-10-5-3-9(4-6-10)14-19-12(23-20-14)8-22-15(21)11-2-1-7-18-13(11)17/h1-7H,8H2. The zero-order chi connectivity index (χ0) is 16.2. The van der Waals surface area contributed by atoms with Crippen molar-refractivity contribution in [1.29, 1.82) is 0 Å². The van der Waals surface area contributed by atoms with Gasteiger partial charge in [0, 0.05) is 16.8 Å². The molecule has 0 radical (unpaired) electrons. The maximum absolute atomic E-state index is 11.9. The summed E-state index contributed by atoms with van der Waals surface area (Å²) in [4.78, 5) is 19.9. The predicted octanol–water partition coefficient (Wildman–Crippen LogP) is 3.80. The third-order valence-electron chi connectivity index (χ3n) is 2.88. The molecule has 0 amide bonds. The minimum Gasteiger partial charge on any atom is -0.452 e. The molecule has 2 heterocycles. The zero-order valence-corrected chi connectivity index (χ0v) is 13.1. The molecule has 2 aromatic heterocycles. The van der Waals surface area contributed by atoms with Gasteiger partial charge in [-0.2, -0.15) is 4.98 Å². The quantitative estimate of drug-likeness (QED) is 0.526. The number of ether oxygens (including phenoxy) is 1. The Hall–Kier alpha value is -2.44. The number of carbonyl (C=O) groups excluding carboxylic acids is 1. The number of rotatable bonds is 4. The first kappa shape index (κ1) is 15.5. The van der Waals surface area contributed by atoms with Crippen LogP contribution in [0.4, 0.5) is 0 Å². The topological polar surface area (TPSA) is 78.1 Å². The Morgan fingerprint density at radius 2 is 1.96 bits per heavy atom. The van der Waals surface area contributed by atoms with Gasteiger partial charge in [-0.3, -0.25) is 0 Å². The Bertz CT molecular complexity index is 834. The van der Waals surface area contributed by atoms with Crippen molar-refractivity contribution in [2.75, 3.05) is 0 Å². The molecule has 0 unspecified atom stereocenters. The average molecular weight is 350 g/mol. The van der Waals surface area contributed by atoms with Gasteiger partial charge < -0.3 is 9.26 Å². The van der Waals surface area contributed by atoms with Crippen LogP contribution in [-0.4, -0.2) is 21.1 Å². The Balaban J connectivity index is 1.67. The summed E-state index contributed by atoms with van der Waals surface area (Å²) in [6.45, 7) is -0.162. The largest absolute Gasteiger partial charge is 0.452 e. The van der Waals surface area contributed by atoms with Crippen LogP contribution in [0.25, 0.3) is 11.4 Å². The third-order valence-corrected chi connectivity index (χ3v) is 3.43. The van der Waals surface area contributed by atoms with Crippen molar-refractivity contribution < 1.29 is 14.1 Å². The molecule has 116 valence electrons. The molecule has 6 nitrogen and oxygen atoms in total. The predicted molar refractivity (Wildman–Crippen MR) is 83.1 cm³/mol. The summed E-state index contributed by atoms with van der Waals surface area (Å²) in [7, 11) is 0. The molecule has 8 heteroatoms. The van der Waals surface area contributed by atoms with E-state index in [-0.39, 0.29) is 23.2 Å². The van der Waals surface area contributed by atoms with Crippen molar-refractivity contribution in [2.24, 2.45) is 0 Å². The van der Waals surface area contributed by atoms with Crippen molar-refractivity contribution in [3.8, 4) is 11.4 Å². The molecule has 0 saturated heterocycles. The van der Waals surface area contributed by atoms with E-state index in [2.05, 4.69) is 15.1 Å². The van der Waals surface area contributed by atoms with Gasteiger partial charge >= 0.3 is 5.97 Å². The maximum atomic E-state index is 11.9. The summed E-state index contributed by atoms with van der Waals surface area (Å²) >= 11 is 11.6. The minimum absolute atomic E-state index is 0.0740. The molecule has 3 rings (SSSR count). The van der Waals surface area contributed by atoms with E-state index in [1.54, 1.807) is 30.3 Å². The van der Waals surface area contributed by atoms with Gasteiger partial charge in [0.05, 0.1) is 5.56 Å². The molecule has 3 aromatic rings. The minimum atomic E-state index is -0.616. The van der Waals surface area contributed by atoms with Crippen LogP contribution in [0.2, 0.25) is 10.2 Å². The van der Waals surface area contributed by atoms with Gasteiger partial charge in [-0.05, 0) is 36.4 Å². The van der Waals surface area contributed by atoms with Crippen LogP contribution in [0.15, 0.2) is 47.1 Å². The van der Waals surface area contributed by atoms with E-state index < -0.39 is 5.97 Å². The van der Waals surface area contributed by atoms with E-state index in [9.17, 15) is 4.79 Å². The van der Waals surface area contributed by atoms with Crippen molar-refractivity contribution >= 4 is 29.2 Å². The van der Waals surface area contributed by atoms with Gasteiger partial charge in [0.15, 0.2) is 6.61 Å². The highest BCUT2D eigenvalue weighted by molar-refractivity contribution is 6.32. The molecule has 0 saturated carbocycles. The number of carbonyl (C=O) groups is 1. The van der Waals surface area contributed by atoms with Gasteiger partial charge in [0.2, 0.25) is 5.82 Å². The number of halogens is 2. The van der Waals surface area contributed by atoms with Crippen molar-refractivity contribution in [1.82, 2.24) is 15.1 Å². The van der Waals surface area contributed by atoms with E-state index in [1.807, 2.05) is 0 Å². The lowest BCUT2D eigenvalue weighted by Gasteiger charge is -2.02. The monoisotopic (exact) mass is 349 g/mol. The lowest BCUT2D eigenvalue weighted by molar-refractivity contribution is 0.0429. The highest BCUT2D eigenvalue weighted by Gasteiger charge is 2.15. The number of hydrogen-bond donors (Lipinski definition) is 0. The second-order valence-corrected chi connectivity index (χ2v) is 5.23. The normalized spacial score (nSPS) is 10.5. The summed E-state index contributed by atoms with van der Waals surface area (Å²) in [5.41, 5.74) is 0.914. The second kappa shape index (κ2) is 6.76. The number of hydrogen-bond acceptors (Lipinski definition) is 6. The lowest BCUT2D eigenvalue weighted by atomic mass is 10.2. The lowest BCUT2D eigenvalue weighted by Crippen LogP contribution is -2.06. The van der Waals surface area contributed by atoms with Crippen molar-refractivity contribution in [2.45, 2.75) is 6.61 Å². The fraction of sp³-hybridized carbons (Fsp3) is 0.0667. The van der Waals surface area contributed by atoms with Gasteiger partial charge in [-0.25, -0.2) is 9.78 Å². The molecule has 23 heavy (non-hydrogen) atoms. The van der Waals surface area contributed by atoms with Crippen molar-refractivity contribution in [3.05, 3.63) is 64.2 Å². The van der Waals surface area contributed by atoms with Gasteiger partial charge in [-0.15, -0.1) is 0 Å². The first-order valence-corrected chi connectivity index (χ1v) is 7.25. The summed E-state index contributed by atoms with van der Waals surface area (Å²) in [5, 5.41) is 4.51. The average Bonchev–Trinajstić information content (AvgIpc) is 3.03. The van der Waals surface area contributed by atoms with Gasteiger partial charge in [-0.1, -0.05) is 28.4 Å². The van der Waals surface area contributed by atoms with Crippen LogP contribution in [0, 0.1) is 0 Å². The van der Waals surface area contributed by atoms with Crippen molar-refractivity contribution in [3.63, 3.8) is 0 Å². The Labute approximate surface area is 141 Å². The fourth-order valence-electron chi connectivity index (χ4n) is 1.77. The number of pyridine rings is 1. The number of nitrogens with zero attached hydrogens (tertiary/aromatic N) is 3. The van der Waals surface area contributed by atoms with E-state index in [4.69, 9.17) is 32.5 Å². The summed E-state index contributed by atoms with van der Waals surface area (Å²) in [6, 6.07) is 10.1. The summed E-state index contributed by atoms with van der Waals surface area (Å²) in [5.74, 6) is -0.0650. The van der Waals surface area contributed by atoms with E-state index in [0.29, 0.717) is 10.8 Å². The van der Waals surface area contributed by atoms with Crippen LogP contribution in [0.5, 0.6) is 0 Å². The number of aromatic nitrogens is 3. The fourth-order valence-corrected chi connectivity index (χ4v) is 2.10. The van der Waals surface area contributed by atoms with Crippen LogP contribution in [0.1, 0.15) is 16.2 Å². The van der Waals surface area contributed by atoms with Crippen LogP contribution in [-0.2, 0) is 11.3 Å². The Morgan fingerprint density at radius 3 is 2.70 bits per heavy atom. The molecule has 0 bridgehead atoms. The molecule has 0 aliphatic rings. The molecule has 0 aliphatic heterocycles. The van der Waals surface area contributed by atoms with E-state index >= 15 is 0 Å². The first-order valence-electron chi connectivity index (χ1n) is 6.49. The van der Waals surface area contributed by atoms with Gasteiger partial charge in [0.25, 0.3) is 5.89 Å². The molecule has 1 aromatic carbocycles. The van der Waals surface area contributed by atoms with E-state index in [0.717, 1.165) is 5.56 Å². The van der Waals surface area contributed by atoms with Crippen LogP contribution >= 0.6 is 23.2 Å². The highest BCUT2D eigenvalue weighted by atomic mass is 35.5. The highest BCUT2D eigenvalue weighted by Crippen LogP contribution is 2.19. The molecule has 0 fully saturated rings. The third kappa shape index (κ3) is 3.67. The smallest absolute Gasteiger partial charge is 0.341 e. The molecule has 0 spiro atoms. The first-order chi connectivity index (χ1) is 11.1. The molecule has 0 N–H and O–H groups in total. The molecule has 0 aliphatic carbocycles. The maximum Gasteiger partial charge on any atom is 0.341 e. The number of benzene rings is 1. The molecular weight excluding hydrogens is 341 g/mol. The Kier molecular flexibility index (Phi) is 4.55. The molecular formula is C15H9Cl2N3O3. The van der Waals surface area contributed by atoms with Gasteiger partial charge in [0.1, 0.15) is 5.15 Å². The summed E-state index contributed by atoms with van der Waals surface area (Å²) < 4.78 is 10.1. The van der Waals surface area contributed by atoms with Crippen LogP contribution < -0.4 is 0 Å². The second-order valence-electron chi connectivity index (χ2n) is 4.44. The molecule has 0 atom stereocenters. The number of esters is 1. The Morgan fingerprint density at radius 1 is 1.17 bits per heavy atom. The zero-order valence-electron chi connectivity index (χ0n) is 11.6. The van der Waals surface area contributed by atoms with E-state index in [1.165, 1.54) is 12.3 Å². The summed E-state index contributed by atoms with van der Waals surface area (Å²) in [6.07, 6.45) is 1.48. The SMILES string of the molecule is O=C(OCc1nc(-c2ccc(Cl)cc2)no1)c1cccnc1Cl.